The van der Waals surface area contributed by atoms with Gasteiger partial charge in [-0.05, 0) is 18.8 Å². The summed E-state index contributed by atoms with van der Waals surface area (Å²) in [5.41, 5.74) is 0. The smallest absolute Gasteiger partial charge is 0.303 e. The number of likely N-dealkylation sites (tertiary alicyclic amines) is 1. The summed E-state index contributed by atoms with van der Waals surface area (Å²) >= 11 is 0. The van der Waals surface area contributed by atoms with Crippen molar-refractivity contribution in [1.29, 1.82) is 0 Å². The molecule has 2 fully saturated rings. The number of carbonyl (C=O) groups is 3. The molecule has 1 aliphatic carbocycles. The molecule has 1 heterocycles. The van der Waals surface area contributed by atoms with Crippen LogP contribution in [0.4, 0.5) is 0 Å². The van der Waals surface area contributed by atoms with Crippen molar-refractivity contribution in [1.82, 2.24) is 10.2 Å². The summed E-state index contributed by atoms with van der Waals surface area (Å²) in [6, 6.07) is 0.358. The summed E-state index contributed by atoms with van der Waals surface area (Å²) in [6.07, 6.45) is 2.43. The molecule has 19 heavy (non-hydrogen) atoms. The number of rotatable bonds is 6. The van der Waals surface area contributed by atoms with Gasteiger partial charge < -0.3 is 15.3 Å². The predicted molar refractivity (Wildman–Crippen MR) is 67.3 cm³/mol. The van der Waals surface area contributed by atoms with E-state index in [1.54, 1.807) is 6.92 Å². The number of nitrogens with zero attached hydrogens (tertiary/aromatic N) is 1. The summed E-state index contributed by atoms with van der Waals surface area (Å²) < 4.78 is 0. The Labute approximate surface area is 112 Å². The molecule has 1 saturated heterocycles. The molecule has 6 nitrogen and oxygen atoms in total. The normalized spacial score (nSPS) is 24.4. The molecule has 2 aliphatic rings. The second-order valence-electron chi connectivity index (χ2n) is 5.63. The van der Waals surface area contributed by atoms with Gasteiger partial charge in [0.15, 0.2) is 0 Å². The van der Waals surface area contributed by atoms with Gasteiger partial charge in [-0.3, -0.25) is 14.4 Å². The zero-order chi connectivity index (χ0) is 14.0. The number of hydrogen-bond acceptors (Lipinski definition) is 3. The van der Waals surface area contributed by atoms with Gasteiger partial charge >= 0.3 is 5.97 Å². The minimum absolute atomic E-state index is 0.0398. The quantitative estimate of drug-likeness (QED) is 0.721. The van der Waals surface area contributed by atoms with Gasteiger partial charge in [0.25, 0.3) is 0 Å². The molecule has 2 N–H and O–H groups in total. The van der Waals surface area contributed by atoms with Crippen LogP contribution in [0.25, 0.3) is 0 Å². The highest BCUT2D eigenvalue weighted by atomic mass is 16.4. The van der Waals surface area contributed by atoms with E-state index in [1.807, 2.05) is 4.90 Å². The maximum absolute atomic E-state index is 11.9. The standard InChI is InChI=1S/C13H20N2O4/c1-8(4-12(17)18)6-14-13(19)9-5-11(16)15(7-9)10-2-3-10/h8-10H,2-7H2,1H3,(H,14,19)(H,17,18). The minimum atomic E-state index is -0.863. The highest BCUT2D eigenvalue weighted by Crippen LogP contribution is 2.32. The highest BCUT2D eigenvalue weighted by Gasteiger charge is 2.41. The van der Waals surface area contributed by atoms with Gasteiger partial charge in [0, 0.05) is 32.0 Å². The largest absolute Gasteiger partial charge is 0.481 e. The third-order valence-corrected chi connectivity index (χ3v) is 3.66. The zero-order valence-electron chi connectivity index (χ0n) is 11.1. The molecule has 1 saturated carbocycles. The molecule has 0 spiro atoms. The van der Waals surface area contributed by atoms with E-state index in [2.05, 4.69) is 5.32 Å². The molecule has 0 aromatic rings. The SMILES string of the molecule is CC(CNC(=O)C1CC(=O)N(C2CC2)C1)CC(=O)O. The van der Waals surface area contributed by atoms with Crippen molar-refractivity contribution in [3.05, 3.63) is 0 Å². The number of carbonyl (C=O) groups excluding carboxylic acids is 2. The van der Waals surface area contributed by atoms with Gasteiger partial charge in [0.2, 0.25) is 11.8 Å². The van der Waals surface area contributed by atoms with E-state index in [1.165, 1.54) is 0 Å². The first-order valence-corrected chi connectivity index (χ1v) is 6.76. The summed E-state index contributed by atoms with van der Waals surface area (Å²) in [5, 5.41) is 11.4. The number of carboxylic acids is 1. The second kappa shape index (κ2) is 5.59. The number of aliphatic carboxylic acids is 1. The van der Waals surface area contributed by atoms with Crippen molar-refractivity contribution in [2.45, 2.75) is 38.6 Å². The Balaban J connectivity index is 1.74. The average Bonchev–Trinajstić information content (AvgIpc) is 3.09. The van der Waals surface area contributed by atoms with Crippen molar-refractivity contribution in [3.63, 3.8) is 0 Å². The topological polar surface area (TPSA) is 86.7 Å². The molecule has 0 aromatic heterocycles. The Kier molecular flexibility index (Phi) is 4.07. The van der Waals surface area contributed by atoms with Crippen molar-refractivity contribution in [2.24, 2.45) is 11.8 Å². The fourth-order valence-corrected chi connectivity index (χ4v) is 2.44. The summed E-state index contributed by atoms with van der Waals surface area (Å²) in [6.45, 7) is 2.65. The lowest BCUT2D eigenvalue weighted by atomic mass is 10.1. The second-order valence-corrected chi connectivity index (χ2v) is 5.63. The van der Waals surface area contributed by atoms with Crippen molar-refractivity contribution < 1.29 is 19.5 Å². The number of nitrogens with one attached hydrogen (secondary N) is 1. The zero-order valence-corrected chi connectivity index (χ0v) is 11.1. The van der Waals surface area contributed by atoms with Crippen molar-refractivity contribution in [2.75, 3.05) is 13.1 Å². The monoisotopic (exact) mass is 268 g/mol. The minimum Gasteiger partial charge on any atom is -0.481 e. The molecule has 6 heteroatoms. The maximum Gasteiger partial charge on any atom is 0.303 e. The molecule has 0 radical (unpaired) electrons. The summed E-state index contributed by atoms with van der Waals surface area (Å²) in [7, 11) is 0. The highest BCUT2D eigenvalue weighted by molar-refractivity contribution is 5.89. The Morgan fingerprint density at radius 3 is 2.74 bits per heavy atom. The molecule has 106 valence electrons. The van der Waals surface area contributed by atoms with E-state index in [0.29, 0.717) is 19.1 Å². The van der Waals surface area contributed by atoms with E-state index in [9.17, 15) is 14.4 Å². The first-order chi connectivity index (χ1) is 8.97. The van der Waals surface area contributed by atoms with E-state index >= 15 is 0 Å². The molecule has 1 aliphatic heterocycles. The van der Waals surface area contributed by atoms with Crippen LogP contribution in [0, 0.1) is 11.8 Å². The Morgan fingerprint density at radius 1 is 1.47 bits per heavy atom. The predicted octanol–water partition coefficient (Wildman–Crippen LogP) is 0.224. The number of hydrogen-bond donors (Lipinski definition) is 2. The van der Waals surface area contributed by atoms with Crippen LogP contribution < -0.4 is 5.32 Å². The molecule has 0 aromatic carbocycles. The molecular weight excluding hydrogens is 248 g/mol. The Bertz CT molecular complexity index is 392. The van der Waals surface area contributed by atoms with E-state index in [-0.39, 0.29) is 36.5 Å². The maximum atomic E-state index is 11.9. The van der Waals surface area contributed by atoms with E-state index in [4.69, 9.17) is 5.11 Å². The summed E-state index contributed by atoms with van der Waals surface area (Å²) in [5.74, 6) is -1.30. The lowest BCUT2D eigenvalue weighted by Crippen LogP contribution is -2.36. The Hall–Kier alpha value is -1.59. The first kappa shape index (κ1) is 13.8. The van der Waals surface area contributed by atoms with Crippen molar-refractivity contribution >= 4 is 17.8 Å². The van der Waals surface area contributed by atoms with Crippen LogP contribution in [-0.2, 0) is 14.4 Å². The number of amides is 2. The van der Waals surface area contributed by atoms with Crippen LogP contribution in [0.1, 0.15) is 32.6 Å². The van der Waals surface area contributed by atoms with Crippen LogP contribution in [0.5, 0.6) is 0 Å². The van der Waals surface area contributed by atoms with Crippen LogP contribution >= 0.6 is 0 Å². The van der Waals surface area contributed by atoms with E-state index in [0.717, 1.165) is 12.8 Å². The molecule has 2 atom stereocenters. The molecular formula is C13H20N2O4. The van der Waals surface area contributed by atoms with E-state index < -0.39 is 5.97 Å². The number of carboxylic acid groups (broad SMARTS) is 1. The van der Waals surface area contributed by atoms with Gasteiger partial charge in [-0.1, -0.05) is 6.92 Å². The third kappa shape index (κ3) is 3.68. The Morgan fingerprint density at radius 2 is 2.16 bits per heavy atom. The van der Waals surface area contributed by atoms with Crippen LogP contribution in [0.2, 0.25) is 0 Å². The molecule has 2 unspecified atom stereocenters. The van der Waals surface area contributed by atoms with Gasteiger partial charge in [-0.15, -0.1) is 0 Å². The summed E-state index contributed by atoms with van der Waals surface area (Å²) in [4.78, 5) is 36.0. The first-order valence-electron chi connectivity index (χ1n) is 6.76. The lowest BCUT2D eigenvalue weighted by molar-refractivity contribution is -0.138. The third-order valence-electron chi connectivity index (χ3n) is 3.66. The van der Waals surface area contributed by atoms with Crippen LogP contribution in [0.15, 0.2) is 0 Å². The molecule has 0 bridgehead atoms. The van der Waals surface area contributed by atoms with Crippen LogP contribution in [-0.4, -0.2) is 46.9 Å². The molecule has 2 amide bonds. The van der Waals surface area contributed by atoms with Gasteiger partial charge in [0.1, 0.15) is 0 Å². The fraction of sp³-hybridized carbons (Fsp3) is 0.769. The molecule has 2 rings (SSSR count). The average molecular weight is 268 g/mol. The van der Waals surface area contributed by atoms with Gasteiger partial charge in [0.05, 0.1) is 5.92 Å². The van der Waals surface area contributed by atoms with Crippen LogP contribution in [0.3, 0.4) is 0 Å². The fourth-order valence-electron chi connectivity index (χ4n) is 2.44. The van der Waals surface area contributed by atoms with Gasteiger partial charge in [-0.25, -0.2) is 0 Å². The van der Waals surface area contributed by atoms with Gasteiger partial charge in [-0.2, -0.15) is 0 Å². The van der Waals surface area contributed by atoms with Crippen molar-refractivity contribution in [3.8, 4) is 0 Å². The lowest BCUT2D eigenvalue weighted by Gasteiger charge is -2.16.